The van der Waals surface area contributed by atoms with Crippen LogP contribution in [0.3, 0.4) is 0 Å². The van der Waals surface area contributed by atoms with E-state index in [-0.39, 0.29) is 16.5 Å². The van der Waals surface area contributed by atoms with Gasteiger partial charge in [0.15, 0.2) is 0 Å². The van der Waals surface area contributed by atoms with E-state index in [1.807, 2.05) is 18.2 Å². The van der Waals surface area contributed by atoms with Crippen LogP contribution >= 0.6 is 0 Å². The number of aromatic amines is 1. The summed E-state index contributed by atoms with van der Waals surface area (Å²) >= 11 is 0. The number of amides is 1. The van der Waals surface area contributed by atoms with Gasteiger partial charge in [-0.2, -0.15) is 4.31 Å². The maximum Gasteiger partial charge on any atom is 0.272 e. The fraction of sp³-hybridized carbons (Fsp3) is 0.353. The van der Waals surface area contributed by atoms with Crippen molar-refractivity contribution < 1.29 is 17.9 Å². The number of ether oxygens (including phenoxy) is 1. The van der Waals surface area contributed by atoms with Crippen molar-refractivity contribution in [2.75, 3.05) is 31.6 Å². The van der Waals surface area contributed by atoms with E-state index in [0.717, 1.165) is 0 Å². The number of H-pyrrole nitrogens is 1. The SMILES string of the molecule is Cc1[nH]c(C(=O)Nc2ccccc2)c(C)c1S(=O)(=O)N1CCOCC1. The third-order valence-electron chi connectivity index (χ3n) is 4.20. The lowest BCUT2D eigenvalue weighted by Crippen LogP contribution is -2.40. The molecule has 1 aromatic carbocycles. The van der Waals surface area contributed by atoms with Crippen LogP contribution in [-0.4, -0.2) is 49.9 Å². The highest BCUT2D eigenvalue weighted by Gasteiger charge is 2.32. The lowest BCUT2D eigenvalue weighted by Gasteiger charge is -2.26. The fourth-order valence-corrected chi connectivity index (χ4v) is 4.79. The molecular formula is C17H21N3O4S. The predicted octanol–water partition coefficient (Wildman–Crippen LogP) is 1.90. The Hall–Kier alpha value is -2.16. The van der Waals surface area contributed by atoms with E-state index in [4.69, 9.17) is 4.74 Å². The van der Waals surface area contributed by atoms with Gasteiger partial charge in [-0.25, -0.2) is 8.42 Å². The maximum atomic E-state index is 12.9. The van der Waals surface area contributed by atoms with E-state index >= 15 is 0 Å². The molecule has 7 nitrogen and oxygen atoms in total. The molecule has 1 amide bonds. The molecule has 0 aliphatic carbocycles. The number of carbonyl (C=O) groups excluding carboxylic acids is 1. The summed E-state index contributed by atoms with van der Waals surface area (Å²) in [7, 11) is -3.67. The minimum Gasteiger partial charge on any atom is -0.379 e. The number of rotatable bonds is 4. The summed E-state index contributed by atoms with van der Waals surface area (Å²) in [6.45, 7) is 4.71. The van der Waals surface area contributed by atoms with Gasteiger partial charge >= 0.3 is 0 Å². The van der Waals surface area contributed by atoms with E-state index in [2.05, 4.69) is 10.3 Å². The van der Waals surface area contributed by atoms with E-state index in [1.54, 1.807) is 26.0 Å². The van der Waals surface area contributed by atoms with Crippen LogP contribution < -0.4 is 5.32 Å². The number of nitrogens with one attached hydrogen (secondary N) is 2. The Kier molecular flexibility index (Phi) is 4.94. The third-order valence-corrected chi connectivity index (χ3v) is 6.37. The van der Waals surface area contributed by atoms with Gasteiger partial charge in [0.2, 0.25) is 10.0 Å². The minimum atomic E-state index is -3.67. The molecule has 1 saturated heterocycles. The molecule has 1 aliphatic rings. The quantitative estimate of drug-likeness (QED) is 0.868. The molecule has 1 aromatic heterocycles. The number of aryl methyl sites for hydroxylation is 1. The van der Waals surface area contributed by atoms with Crippen LogP contribution in [0.5, 0.6) is 0 Å². The molecule has 0 unspecified atom stereocenters. The molecule has 0 atom stereocenters. The molecule has 2 heterocycles. The van der Waals surface area contributed by atoms with Gasteiger partial charge in [0.1, 0.15) is 10.6 Å². The summed E-state index contributed by atoms with van der Waals surface area (Å²) in [4.78, 5) is 15.6. The second-order valence-electron chi connectivity index (χ2n) is 5.92. The average molecular weight is 363 g/mol. The summed E-state index contributed by atoms with van der Waals surface area (Å²) in [5, 5.41) is 2.77. The molecule has 25 heavy (non-hydrogen) atoms. The van der Waals surface area contributed by atoms with Crippen LogP contribution in [-0.2, 0) is 14.8 Å². The van der Waals surface area contributed by atoms with Crippen LogP contribution in [0.2, 0.25) is 0 Å². The van der Waals surface area contributed by atoms with E-state index in [0.29, 0.717) is 43.2 Å². The Bertz CT molecular complexity index is 869. The molecule has 134 valence electrons. The van der Waals surface area contributed by atoms with Crippen molar-refractivity contribution in [3.8, 4) is 0 Å². The number of hydrogen-bond acceptors (Lipinski definition) is 4. The lowest BCUT2D eigenvalue weighted by atomic mass is 10.2. The highest BCUT2D eigenvalue weighted by Crippen LogP contribution is 2.27. The molecule has 0 radical (unpaired) electrons. The van der Waals surface area contributed by atoms with Crippen LogP contribution in [0.1, 0.15) is 21.7 Å². The van der Waals surface area contributed by atoms with Crippen LogP contribution in [0.25, 0.3) is 0 Å². The van der Waals surface area contributed by atoms with E-state index in [1.165, 1.54) is 4.31 Å². The van der Waals surface area contributed by atoms with Crippen LogP contribution in [0.4, 0.5) is 5.69 Å². The first kappa shape index (κ1) is 17.7. The zero-order valence-electron chi connectivity index (χ0n) is 14.2. The van der Waals surface area contributed by atoms with Crippen molar-refractivity contribution in [1.82, 2.24) is 9.29 Å². The summed E-state index contributed by atoms with van der Waals surface area (Å²) in [6.07, 6.45) is 0. The van der Waals surface area contributed by atoms with Crippen molar-refractivity contribution in [3.63, 3.8) is 0 Å². The zero-order chi connectivity index (χ0) is 18.0. The smallest absolute Gasteiger partial charge is 0.272 e. The first-order valence-corrected chi connectivity index (χ1v) is 9.48. The van der Waals surface area contributed by atoms with Crippen LogP contribution in [0, 0.1) is 13.8 Å². The van der Waals surface area contributed by atoms with Crippen molar-refractivity contribution in [2.24, 2.45) is 0 Å². The monoisotopic (exact) mass is 363 g/mol. The molecule has 1 fully saturated rings. The van der Waals surface area contributed by atoms with Crippen molar-refractivity contribution in [3.05, 3.63) is 47.3 Å². The van der Waals surface area contributed by atoms with Gasteiger partial charge in [-0.3, -0.25) is 4.79 Å². The highest BCUT2D eigenvalue weighted by molar-refractivity contribution is 7.89. The summed E-state index contributed by atoms with van der Waals surface area (Å²) in [5.74, 6) is -0.366. The Balaban J connectivity index is 1.91. The van der Waals surface area contributed by atoms with Gasteiger partial charge in [0.05, 0.1) is 13.2 Å². The second kappa shape index (κ2) is 6.99. The molecule has 1 aliphatic heterocycles. The number of hydrogen-bond donors (Lipinski definition) is 2. The highest BCUT2D eigenvalue weighted by atomic mass is 32.2. The van der Waals surface area contributed by atoms with Crippen LogP contribution in [0.15, 0.2) is 35.2 Å². The Labute approximate surface area is 147 Å². The standard InChI is InChI=1S/C17H21N3O4S/c1-12-15(17(21)19-14-6-4-3-5-7-14)18-13(2)16(12)25(22,23)20-8-10-24-11-9-20/h3-7,18H,8-11H2,1-2H3,(H,19,21). The van der Waals surface area contributed by atoms with Gasteiger partial charge in [0.25, 0.3) is 5.91 Å². The number of anilines is 1. The number of para-hydroxylation sites is 1. The van der Waals surface area contributed by atoms with E-state index in [9.17, 15) is 13.2 Å². The van der Waals surface area contributed by atoms with Crippen molar-refractivity contribution >= 4 is 21.6 Å². The first-order chi connectivity index (χ1) is 11.9. The summed E-state index contributed by atoms with van der Waals surface area (Å²) in [5.41, 5.74) is 1.80. The van der Waals surface area contributed by atoms with Gasteiger partial charge < -0.3 is 15.0 Å². The predicted molar refractivity (Wildman–Crippen MR) is 94.2 cm³/mol. The second-order valence-corrected chi connectivity index (χ2v) is 7.79. The fourth-order valence-electron chi connectivity index (χ4n) is 2.98. The van der Waals surface area contributed by atoms with E-state index < -0.39 is 10.0 Å². The molecule has 0 saturated carbocycles. The first-order valence-electron chi connectivity index (χ1n) is 8.04. The molecule has 8 heteroatoms. The number of carbonyl (C=O) groups is 1. The third kappa shape index (κ3) is 3.46. The molecule has 3 rings (SSSR count). The Morgan fingerprint density at radius 1 is 1.16 bits per heavy atom. The zero-order valence-corrected chi connectivity index (χ0v) is 15.0. The largest absolute Gasteiger partial charge is 0.379 e. The number of benzene rings is 1. The lowest BCUT2D eigenvalue weighted by molar-refractivity contribution is 0.0730. The van der Waals surface area contributed by atoms with Gasteiger partial charge in [-0.05, 0) is 31.5 Å². The molecule has 0 bridgehead atoms. The van der Waals surface area contributed by atoms with Gasteiger partial charge in [-0.15, -0.1) is 0 Å². The molecule has 2 N–H and O–H groups in total. The molecular weight excluding hydrogens is 342 g/mol. The maximum absolute atomic E-state index is 12.9. The van der Waals surface area contributed by atoms with Gasteiger partial charge in [0, 0.05) is 24.5 Å². The summed E-state index contributed by atoms with van der Waals surface area (Å²) < 4.78 is 32.5. The summed E-state index contributed by atoms with van der Waals surface area (Å²) in [6, 6.07) is 9.03. The topological polar surface area (TPSA) is 91.5 Å². The van der Waals surface area contributed by atoms with Crippen molar-refractivity contribution in [2.45, 2.75) is 18.7 Å². The average Bonchev–Trinajstić information content (AvgIpc) is 2.92. The minimum absolute atomic E-state index is 0.174. The molecule has 2 aromatic rings. The number of sulfonamides is 1. The number of nitrogens with zero attached hydrogens (tertiary/aromatic N) is 1. The Morgan fingerprint density at radius 2 is 1.80 bits per heavy atom. The Morgan fingerprint density at radius 3 is 2.44 bits per heavy atom. The molecule has 0 spiro atoms. The van der Waals surface area contributed by atoms with Gasteiger partial charge in [-0.1, -0.05) is 18.2 Å². The van der Waals surface area contributed by atoms with Crippen molar-refractivity contribution in [1.29, 1.82) is 0 Å². The number of morpholine rings is 1. The normalized spacial score (nSPS) is 15.9. The number of aromatic nitrogens is 1.